The van der Waals surface area contributed by atoms with Crippen molar-refractivity contribution < 1.29 is 8.42 Å². The van der Waals surface area contributed by atoms with E-state index in [0.29, 0.717) is 10.5 Å². The van der Waals surface area contributed by atoms with Crippen molar-refractivity contribution in [2.75, 3.05) is 6.26 Å². The molecule has 0 aliphatic heterocycles. The Balaban J connectivity index is 0.000000791. The second-order valence-electron chi connectivity index (χ2n) is 2.44. The molecule has 0 radical (unpaired) electrons. The van der Waals surface area contributed by atoms with Crippen LogP contribution >= 0.6 is 0 Å². The SMILES string of the molecule is C#Cc1ccc(S(C)(=O)=O)cc1.CC. The molecule has 0 aliphatic rings. The van der Waals surface area contributed by atoms with Crippen molar-refractivity contribution in [2.45, 2.75) is 18.7 Å². The summed E-state index contributed by atoms with van der Waals surface area (Å²) in [6, 6.07) is 6.22. The molecule has 1 aromatic rings. The number of hydrogen-bond donors (Lipinski definition) is 0. The lowest BCUT2D eigenvalue weighted by atomic mass is 10.2. The van der Waals surface area contributed by atoms with Crippen LogP contribution in [-0.2, 0) is 9.84 Å². The molecule has 0 aliphatic carbocycles. The van der Waals surface area contributed by atoms with Crippen molar-refractivity contribution >= 4 is 9.84 Å². The van der Waals surface area contributed by atoms with Gasteiger partial charge in [-0.05, 0) is 24.3 Å². The molecule has 0 fully saturated rings. The lowest BCUT2D eigenvalue weighted by Crippen LogP contribution is -1.96. The minimum absolute atomic E-state index is 0.293. The summed E-state index contributed by atoms with van der Waals surface area (Å²) in [6.07, 6.45) is 6.27. The van der Waals surface area contributed by atoms with Gasteiger partial charge in [-0.15, -0.1) is 6.42 Å². The van der Waals surface area contributed by atoms with Crippen LogP contribution < -0.4 is 0 Å². The fourth-order valence-electron chi connectivity index (χ4n) is 0.798. The lowest BCUT2D eigenvalue weighted by molar-refractivity contribution is 0.602. The standard InChI is InChI=1S/C9H8O2S.C2H6/c1-3-8-4-6-9(7-5-8)12(2,10)11;1-2/h1,4-7H,2H3;1-2H3. The predicted octanol–water partition coefficient (Wildman–Crippen LogP) is 2.10. The summed E-state index contributed by atoms with van der Waals surface area (Å²) in [6.45, 7) is 4.00. The van der Waals surface area contributed by atoms with Gasteiger partial charge >= 0.3 is 0 Å². The third kappa shape index (κ3) is 3.63. The molecule has 3 heteroatoms. The zero-order chi connectivity index (χ0) is 11.2. The fourth-order valence-corrected chi connectivity index (χ4v) is 1.43. The minimum Gasteiger partial charge on any atom is -0.224 e. The maximum absolute atomic E-state index is 11.0. The van der Waals surface area contributed by atoms with Gasteiger partial charge in [0.05, 0.1) is 4.90 Å². The average molecular weight is 210 g/mol. The van der Waals surface area contributed by atoms with Crippen LogP contribution in [0.3, 0.4) is 0 Å². The predicted molar refractivity (Wildman–Crippen MR) is 58.8 cm³/mol. The van der Waals surface area contributed by atoms with Gasteiger partial charge in [-0.3, -0.25) is 0 Å². The molecule has 0 saturated heterocycles. The first-order chi connectivity index (χ1) is 6.54. The number of sulfone groups is 1. The summed E-state index contributed by atoms with van der Waals surface area (Å²) in [5.74, 6) is 2.41. The van der Waals surface area contributed by atoms with Crippen molar-refractivity contribution in [1.29, 1.82) is 0 Å². The number of hydrogen-bond acceptors (Lipinski definition) is 2. The highest BCUT2D eigenvalue weighted by Gasteiger charge is 2.04. The summed E-state index contributed by atoms with van der Waals surface area (Å²) in [7, 11) is -3.10. The van der Waals surface area contributed by atoms with Gasteiger partial charge in [-0.1, -0.05) is 19.8 Å². The summed E-state index contributed by atoms with van der Waals surface area (Å²) in [5, 5.41) is 0. The highest BCUT2D eigenvalue weighted by Crippen LogP contribution is 2.08. The van der Waals surface area contributed by atoms with Crippen LogP contribution in [0.2, 0.25) is 0 Å². The van der Waals surface area contributed by atoms with E-state index in [9.17, 15) is 8.42 Å². The molecular formula is C11H14O2S. The van der Waals surface area contributed by atoms with E-state index in [-0.39, 0.29) is 0 Å². The summed E-state index contributed by atoms with van der Waals surface area (Å²) >= 11 is 0. The molecule has 0 unspecified atom stereocenters. The van der Waals surface area contributed by atoms with Crippen molar-refractivity contribution in [3.05, 3.63) is 29.8 Å². The smallest absolute Gasteiger partial charge is 0.175 e. The molecule has 1 rings (SSSR count). The maximum Gasteiger partial charge on any atom is 0.175 e. The largest absolute Gasteiger partial charge is 0.224 e. The first-order valence-corrected chi connectivity index (χ1v) is 6.20. The second kappa shape index (κ2) is 5.46. The summed E-state index contributed by atoms with van der Waals surface area (Å²) in [4.78, 5) is 0.293. The Morgan fingerprint density at radius 2 is 1.57 bits per heavy atom. The molecule has 0 spiro atoms. The quantitative estimate of drug-likeness (QED) is 0.665. The molecule has 2 nitrogen and oxygen atoms in total. The van der Waals surface area contributed by atoms with Gasteiger partial charge in [-0.2, -0.15) is 0 Å². The highest BCUT2D eigenvalue weighted by molar-refractivity contribution is 7.90. The molecule has 14 heavy (non-hydrogen) atoms. The van der Waals surface area contributed by atoms with Crippen LogP contribution in [0.1, 0.15) is 19.4 Å². The molecule has 76 valence electrons. The Hall–Kier alpha value is -1.27. The average Bonchev–Trinajstić information content (AvgIpc) is 2.20. The Morgan fingerprint density at radius 3 is 1.86 bits per heavy atom. The lowest BCUT2D eigenvalue weighted by Gasteiger charge is -1.96. The van der Waals surface area contributed by atoms with Crippen LogP contribution in [0.25, 0.3) is 0 Å². The van der Waals surface area contributed by atoms with Gasteiger partial charge in [0.1, 0.15) is 0 Å². The van der Waals surface area contributed by atoms with E-state index < -0.39 is 9.84 Å². The van der Waals surface area contributed by atoms with Crippen LogP contribution in [0.15, 0.2) is 29.2 Å². The van der Waals surface area contributed by atoms with Gasteiger partial charge in [0.25, 0.3) is 0 Å². The van der Waals surface area contributed by atoms with Crippen LogP contribution in [-0.4, -0.2) is 14.7 Å². The Bertz CT molecular complexity index is 408. The van der Waals surface area contributed by atoms with E-state index >= 15 is 0 Å². The van der Waals surface area contributed by atoms with E-state index in [1.54, 1.807) is 12.1 Å². The van der Waals surface area contributed by atoms with Crippen molar-refractivity contribution in [3.63, 3.8) is 0 Å². The van der Waals surface area contributed by atoms with Gasteiger partial charge in [0.2, 0.25) is 0 Å². The molecule has 0 heterocycles. The molecule has 1 aromatic carbocycles. The van der Waals surface area contributed by atoms with Gasteiger partial charge in [0.15, 0.2) is 9.84 Å². The monoisotopic (exact) mass is 210 g/mol. The topological polar surface area (TPSA) is 34.1 Å². The Morgan fingerprint density at radius 1 is 1.14 bits per heavy atom. The minimum atomic E-state index is -3.10. The molecule has 0 saturated carbocycles. The Kier molecular flexibility index (Phi) is 4.96. The van der Waals surface area contributed by atoms with E-state index in [1.165, 1.54) is 12.1 Å². The molecule has 0 amide bonds. The third-order valence-electron chi connectivity index (χ3n) is 1.45. The van der Waals surface area contributed by atoms with Crippen LogP contribution in [0, 0.1) is 12.3 Å². The molecule has 0 N–H and O–H groups in total. The van der Waals surface area contributed by atoms with Crippen molar-refractivity contribution in [2.24, 2.45) is 0 Å². The fraction of sp³-hybridized carbons (Fsp3) is 0.273. The van der Waals surface area contributed by atoms with Crippen LogP contribution in [0.4, 0.5) is 0 Å². The van der Waals surface area contributed by atoms with E-state index in [1.807, 2.05) is 13.8 Å². The molecule has 0 bridgehead atoms. The zero-order valence-electron chi connectivity index (χ0n) is 8.61. The van der Waals surface area contributed by atoms with Gasteiger partial charge < -0.3 is 0 Å². The molecule has 0 atom stereocenters. The number of terminal acetylenes is 1. The molecular weight excluding hydrogens is 196 g/mol. The highest BCUT2D eigenvalue weighted by atomic mass is 32.2. The van der Waals surface area contributed by atoms with E-state index in [4.69, 9.17) is 6.42 Å². The first kappa shape index (κ1) is 12.7. The van der Waals surface area contributed by atoms with Crippen molar-refractivity contribution in [3.8, 4) is 12.3 Å². The number of benzene rings is 1. The third-order valence-corrected chi connectivity index (χ3v) is 2.58. The van der Waals surface area contributed by atoms with E-state index in [2.05, 4.69) is 5.92 Å². The first-order valence-electron chi connectivity index (χ1n) is 4.31. The number of rotatable bonds is 1. The normalized spacial score (nSPS) is 9.57. The summed E-state index contributed by atoms with van der Waals surface area (Å²) < 4.78 is 22.0. The van der Waals surface area contributed by atoms with Crippen molar-refractivity contribution in [1.82, 2.24) is 0 Å². The van der Waals surface area contributed by atoms with Gasteiger partial charge in [0, 0.05) is 11.8 Å². The van der Waals surface area contributed by atoms with Gasteiger partial charge in [-0.25, -0.2) is 8.42 Å². The Labute approximate surface area is 85.9 Å². The maximum atomic E-state index is 11.0. The zero-order valence-corrected chi connectivity index (χ0v) is 9.43. The molecule has 0 aromatic heterocycles. The van der Waals surface area contributed by atoms with E-state index in [0.717, 1.165) is 6.26 Å². The summed E-state index contributed by atoms with van der Waals surface area (Å²) in [5.41, 5.74) is 0.683. The second-order valence-corrected chi connectivity index (χ2v) is 4.46. The van der Waals surface area contributed by atoms with Crippen LogP contribution in [0.5, 0.6) is 0 Å².